The van der Waals surface area contributed by atoms with Crippen molar-refractivity contribution in [2.24, 2.45) is 0 Å². The van der Waals surface area contributed by atoms with Crippen LogP contribution in [0.4, 0.5) is 17.1 Å². The molecule has 0 radical (unpaired) electrons. The van der Waals surface area contributed by atoms with E-state index in [0.717, 1.165) is 18.4 Å². The monoisotopic (exact) mass is 327 g/mol. The lowest BCUT2D eigenvalue weighted by molar-refractivity contribution is -0.384. The number of benzene rings is 2. The topological polar surface area (TPSA) is 104 Å². The van der Waals surface area contributed by atoms with Crippen molar-refractivity contribution >= 4 is 23.0 Å². The lowest BCUT2D eigenvalue weighted by atomic mass is 10.1. The van der Waals surface area contributed by atoms with Crippen LogP contribution in [0.3, 0.4) is 0 Å². The minimum absolute atomic E-state index is 0.0510. The van der Waals surface area contributed by atoms with E-state index in [0.29, 0.717) is 5.69 Å². The van der Waals surface area contributed by atoms with Crippen molar-refractivity contribution in [2.45, 2.75) is 25.8 Å². The van der Waals surface area contributed by atoms with Crippen LogP contribution in [0.15, 0.2) is 36.4 Å². The minimum Gasteiger partial charge on any atom is -0.506 e. The summed E-state index contributed by atoms with van der Waals surface area (Å²) < 4.78 is 0. The van der Waals surface area contributed by atoms with Gasteiger partial charge in [0.1, 0.15) is 11.4 Å². The highest BCUT2D eigenvalue weighted by Crippen LogP contribution is 2.32. The molecule has 0 heterocycles. The Balaban J connectivity index is 1.83. The summed E-state index contributed by atoms with van der Waals surface area (Å²) >= 11 is 0. The third-order valence-corrected chi connectivity index (χ3v) is 3.80. The first-order valence-corrected chi connectivity index (χ1v) is 7.60. The maximum Gasteiger partial charge on any atom is 0.293 e. The fourth-order valence-corrected chi connectivity index (χ4v) is 2.34. The van der Waals surface area contributed by atoms with Crippen LogP contribution in [0.5, 0.6) is 5.75 Å². The number of nitro groups is 1. The number of hydrogen-bond donors (Lipinski definition) is 3. The molecular weight excluding hydrogens is 310 g/mol. The molecule has 3 rings (SSSR count). The van der Waals surface area contributed by atoms with Gasteiger partial charge in [-0.15, -0.1) is 0 Å². The Morgan fingerprint density at radius 1 is 1.21 bits per heavy atom. The van der Waals surface area contributed by atoms with Crippen LogP contribution >= 0.6 is 0 Å². The Morgan fingerprint density at radius 2 is 1.92 bits per heavy atom. The number of aromatic hydroxyl groups is 1. The van der Waals surface area contributed by atoms with Crippen LogP contribution in [0.1, 0.15) is 28.8 Å². The van der Waals surface area contributed by atoms with Gasteiger partial charge in [-0.05, 0) is 49.6 Å². The number of hydrogen-bond acceptors (Lipinski definition) is 5. The fourth-order valence-electron chi connectivity index (χ4n) is 2.34. The van der Waals surface area contributed by atoms with Gasteiger partial charge in [-0.25, -0.2) is 0 Å². The zero-order valence-corrected chi connectivity index (χ0v) is 13.1. The van der Waals surface area contributed by atoms with E-state index < -0.39 is 10.8 Å². The number of nitrogens with zero attached hydrogens (tertiary/aromatic N) is 1. The Morgan fingerprint density at radius 3 is 2.54 bits per heavy atom. The normalized spacial score (nSPS) is 13.4. The van der Waals surface area contributed by atoms with Crippen molar-refractivity contribution in [3.63, 3.8) is 0 Å². The largest absolute Gasteiger partial charge is 0.506 e. The molecule has 3 N–H and O–H groups in total. The van der Waals surface area contributed by atoms with Crippen LogP contribution < -0.4 is 10.6 Å². The molecule has 124 valence electrons. The minimum atomic E-state index is -0.518. The molecule has 1 amide bonds. The number of phenols is 1. The number of amides is 1. The molecule has 0 aromatic heterocycles. The van der Waals surface area contributed by atoms with Crippen LogP contribution in [0.2, 0.25) is 0 Å². The second-order valence-corrected chi connectivity index (χ2v) is 5.88. The second-order valence-electron chi connectivity index (χ2n) is 5.88. The molecule has 1 fully saturated rings. The number of rotatable bonds is 5. The molecule has 0 saturated heterocycles. The van der Waals surface area contributed by atoms with Gasteiger partial charge in [-0.1, -0.05) is 6.07 Å². The summed E-state index contributed by atoms with van der Waals surface area (Å²) in [7, 11) is 0. The van der Waals surface area contributed by atoms with E-state index >= 15 is 0 Å². The van der Waals surface area contributed by atoms with Crippen molar-refractivity contribution in [3.05, 3.63) is 57.6 Å². The summed E-state index contributed by atoms with van der Waals surface area (Å²) in [5.41, 5.74) is 1.55. The van der Waals surface area contributed by atoms with E-state index in [1.165, 1.54) is 18.2 Å². The zero-order valence-electron chi connectivity index (χ0n) is 13.1. The first-order chi connectivity index (χ1) is 11.4. The molecule has 2 aromatic rings. The third kappa shape index (κ3) is 3.45. The highest BCUT2D eigenvalue weighted by atomic mass is 16.6. The summed E-state index contributed by atoms with van der Waals surface area (Å²) in [4.78, 5) is 23.0. The number of aryl methyl sites for hydroxylation is 1. The molecule has 7 nitrogen and oxygen atoms in total. The molecule has 1 saturated carbocycles. The summed E-state index contributed by atoms with van der Waals surface area (Å²) in [6, 6.07) is 9.44. The first-order valence-electron chi connectivity index (χ1n) is 7.60. The van der Waals surface area contributed by atoms with Gasteiger partial charge in [-0.2, -0.15) is 0 Å². The number of nitrogens with one attached hydrogen (secondary N) is 2. The number of anilines is 2. The SMILES string of the molecule is Cc1ccc(NC(=O)c2ccc(NC3CC3)c([N+](=O)[O-])c2)c(O)c1. The highest BCUT2D eigenvalue weighted by molar-refractivity contribution is 6.05. The maximum absolute atomic E-state index is 12.3. The molecule has 24 heavy (non-hydrogen) atoms. The summed E-state index contributed by atoms with van der Waals surface area (Å²) in [5.74, 6) is -0.569. The summed E-state index contributed by atoms with van der Waals surface area (Å²) in [6.07, 6.45) is 1.98. The predicted octanol–water partition coefficient (Wildman–Crippen LogP) is 3.44. The van der Waals surface area contributed by atoms with Gasteiger partial charge in [-0.3, -0.25) is 14.9 Å². The zero-order chi connectivity index (χ0) is 17.3. The van der Waals surface area contributed by atoms with Crippen LogP contribution in [0, 0.1) is 17.0 Å². The van der Waals surface area contributed by atoms with Gasteiger partial charge in [0.15, 0.2) is 0 Å². The summed E-state index contributed by atoms with van der Waals surface area (Å²) in [6.45, 7) is 1.82. The quantitative estimate of drug-likeness (QED) is 0.443. The average Bonchev–Trinajstić information content (AvgIpc) is 3.34. The molecule has 2 aromatic carbocycles. The molecule has 1 aliphatic carbocycles. The third-order valence-electron chi connectivity index (χ3n) is 3.80. The molecule has 0 spiro atoms. The molecule has 7 heteroatoms. The van der Waals surface area contributed by atoms with Crippen LogP contribution in [0.25, 0.3) is 0 Å². The van der Waals surface area contributed by atoms with E-state index in [1.54, 1.807) is 18.2 Å². The summed E-state index contributed by atoms with van der Waals surface area (Å²) in [5, 5.41) is 26.7. The number of nitro benzene ring substituents is 1. The number of phenolic OH excluding ortho intramolecular Hbond substituents is 1. The number of carbonyl (C=O) groups excluding carboxylic acids is 1. The lowest BCUT2D eigenvalue weighted by Gasteiger charge is -2.10. The van der Waals surface area contributed by atoms with Crippen molar-refractivity contribution in [3.8, 4) is 5.75 Å². The standard InChI is InChI=1S/C17H17N3O4/c1-10-2-6-14(16(21)8-10)19-17(22)11-3-7-13(18-12-4-5-12)15(9-11)20(23)24/h2-3,6-9,12,18,21H,4-5H2,1H3,(H,19,22). The molecule has 0 aliphatic heterocycles. The molecule has 0 unspecified atom stereocenters. The van der Waals surface area contributed by atoms with E-state index in [9.17, 15) is 20.0 Å². The Hall–Kier alpha value is -3.09. The Kier molecular flexibility index (Phi) is 4.07. The molecular formula is C17H17N3O4. The number of carbonyl (C=O) groups is 1. The fraction of sp³-hybridized carbons (Fsp3) is 0.235. The van der Waals surface area contributed by atoms with Crippen LogP contribution in [-0.4, -0.2) is 22.0 Å². The van der Waals surface area contributed by atoms with E-state index in [2.05, 4.69) is 10.6 Å². The van der Waals surface area contributed by atoms with E-state index in [1.807, 2.05) is 6.92 Å². The Labute approximate surface area is 138 Å². The molecule has 1 aliphatic rings. The smallest absolute Gasteiger partial charge is 0.293 e. The van der Waals surface area contributed by atoms with Crippen LogP contribution in [-0.2, 0) is 0 Å². The first kappa shape index (κ1) is 15.8. The van der Waals surface area contributed by atoms with Crippen molar-refractivity contribution in [2.75, 3.05) is 10.6 Å². The highest BCUT2D eigenvalue weighted by Gasteiger charge is 2.25. The lowest BCUT2D eigenvalue weighted by Crippen LogP contribution is -2.13. The van der Waals surface area contributed by atoms with Crippen molar-refractivity contribution in [1.82, 2.24) is 0 Å². The molecule has 0 bridgehead atoms. The molecule has 0 atom stereocenters. The predicted molar refractivity (Wildman–Crippen MR) is 90.5 cm³/mol. The van der Waals surface area contributed by atoms with Gasteiger partial charge in [0.25, 0.3) is 11.6 Å². The Bertz CT molecular complexity index is 815. The van der Waals surface area contributed by atoms with Gasteiger partial charge < -0.3 is 15.7 Å². The van der Waals surface area contributed by atoms with Gasteiger partial charge in [0, 0.05) is 17.7 Å². The maximum atomic E-state index is 12.3. The van der Waals surface area contributed by atoms with Crippen molar-refractivity contribution < 1.29 is 14.8 Å². The van der Waals surface area contributed by atoms with E-state index in [-0.39, 0.29) is 28.7 Å². The van der Waals surface area contributed by atoms with Gasteiger partial charge in [0.05, 0.1) is 10.6 Å². The van der Waals surface area contributed by atoms with E-state index in [4.69, 9.17) is 0 Å². The average molecular weight is 327 g/mol. The van der Waals surface area contributed by atoms with Crippen molar-refractivity contribution in [1.29, 1.82) is 0 Å². The van der Waals surface area contributed by atoms with Gasteiger partial charge in [0.2, 0.25) is 0 Å². The van der Waals surface area contributed by atoms with Gasteiger partial charge >= 0.3 is 0 Å². The second kappa shape index (κ2) is 6.19.